The van der Waals surface area contributed by atoms with Crippen LogP contribution in [0.1, 0.15) is 41.7 Å². The van der Waals surface area contributed by atoms with Crippen LogP contribution in [0.25, 0.3) is 10.8 Å². The fraction of sp³-hybridized carbons (Fsp3) is 0.263. The molecule has 0 unspecified atom stereocenters. The predicted octanol–water partition coefficient (Wildman–Crippen LogP) is 5.26. The van der Waals surface area contributed by atoms with E-state index < -0.39 is 0 Å². The Morgan fingerprint density at radius 1 is 1.17 bits per heavy atom. The second-order valence-electron chi connectivity index (χ2n) is 6.65. The van der Waals surface area contributed by atoms with Crippen molar-refractivity contribution in [2.45, 2.75) is 33.1 Å². The molecule has 0 fully saturated rings. The van der Waals surface area contributed by atoms with Crippen LogP contribution in [0.2, 0.25) is 0 Å². The predicted molar refractivity (Wildman–Crippen MR) is 97.6 cm³/mol. The van der Waals surface area contributed by atoms with Crippen LogP contribution < -0.4 is 5.32 Å². The first kappa shape index (κ1) is 16.5. The number of carbonyl (C=O) groups excluding carboxylic acids is 1. The summed E-state index contributed by atoms with van der Waals surface area (Å²) in [7, 11) is 0. The minimum absolute atomic E-state index is 0.0552. The summed E-state index contributed by atoms with van der Waals surface area (Å²) in [6.45, 7) is 8.28. The number of hydrogen-bond acceptors (Lipinski definition) is 4. The van der Waals surface area contributed by atoms with Crippen molar-refractivity contribution in [1.29, 1.82) is 0 Å². The highest BCUT2D eigenvalue weighted by molar-refractivity contribution is 7.15. The molecule has 0 radical (unpaired) electrons. The van der Waals surface area contributed by atoms with E-state index in [0.717, 1.165) is 16.1 Å². The highest BCUT2D eigenvalue weighted by atomic mass is 32.1. The molecule has 0 saturated heterocycles. The molecule has 0 aliphatic heterocycles. The number of nitrogens with zero attached hydrogens (tertiary/aromatic N) is 1. The molecule has 1 aromatic carbocycles. The SMILES string of the molecule is Cc1sc(-c2ccco2)nc1C(=O)Nc1ccccc1C(C)(C)C. The molecule has 1 amide bonds. The summed E-state index contributed by atoms with van der Waals surface area (Å²) in [5.74, 6) is 0.482. The van der Waals surface area contributed by atoms with Gasteiger partial charge in [0, 0.05) is 10.6 Å². The standard InChI is InChI=1S/C19H20N2O2S/c1-12-16(21-18(24-12)15-10-7-11-23-15)17(22)20-14-9-6-5-8-13(14)19(2,3)4/h5-11H,1-4H3,(H,20,22). The summed E-state index contributed by atoms with van der Waals surface area (Å²) in [5.41, 5.74) is 2.30. The van der Waals surface area contributed by atoms with Crippen LogP contribution in [0.15, 0.2) is 47.1 Å². The topological polar surface area (TPSA) is 55.1 Å². The van der Waals surface area contributed by atoms with Gasteiger partial charge in [-0.3, -0.25) is 4.79 Å². The molecule has 0 spiro atoms. The average molecular weight is 340 g/mol. The molecule has 0 bridgehead atoms. The van der Waals surface area contributed by atoms with E-state index in [1.807, 2.05) is 43.3 Å². The highest BCUT2D eigenvalue weighted by Crippen LogP contribution is 2.31. The monoisotopic (exact) mass is 340 g/mol. The van der Waals surface area contributed by atoms with Gasteiger partial charge in [0.05, 0.1) is 6.26 Å². The summed E-state index contributed by atoms with van der Waals surface area (Å²) in [4.78, 5) is 18.0. The van der Waals surface area contributed by atoms with Gasteiger partial charge in [0.25, 0.3) is 5.91 Å². The molecule has 4 nitrogen and oxygen atoms in total. The maximum Gasteiger partial charge on any atom is 0.275 e. The largest absolute Gasteiger partial charge is 0.462 e. The minimum atomic E-state index is -0.196. The van der Waals surface area contributed by atoms with Gasteiger partial charge in [-0.2, -0.15) is 0 Å². The quantitative estimate of drug-likeness (QED) is 0.707. The van der Waals surface area contributed by atoms with Crippen LogP contribution in [0.3, 0.4) is 0 Å². The number of thiazole rings is 1. The lowest BCUT2D eigenvalue weighted by Crippen LogP contribution is -2.19. The van der Waals surface area contributed by atoms with E-state index in [1.165, 1.54) is 11.3 Å². The van der Waals surface area contributed by atoms with Crippen molar-refractivity contribution in [3.8, 4) is 10.8 Å². The van der Waals surface area contributed by atoms with Gasteiger partial charge in [-0.1, -0.05) is 39.0 Å². The maximum atomic E-state index is 12.7. The van der Waals surface area contributed by atoms with E-state index in [2.05, 4.69) is 31.1 Å². The number of aryl methyl sites for hydroxylation is 1. The molecule has 5 heteroatoms. The molecule has 0 saturated carbocycles. The lowest BCUT2D eigenvalue weighted by atomic mass is 9.86. The van der Waals surface area contributed by atoms with Crippen molar-refractivity contribution >= 4 is 22.9 Å². The first-order chi connectivity index (χ1) is 11.4. The molecule has 1 N–H and O–H groups in total. The third-order valence-corrected chi connectivity index (χ3v) is 4.71. The molecule has 2 aromatic heterocycles. The fourth-order valence-electron chi connectivity index (χ4n) is 2.54. The third kappa shape index (κ3) is 3.26. The molecule has 2 heterocycles. The van der Waals surface area contributed by atoms with Crippen molar-refractivity contribution < 1.29 is 9.21 Å². The Hall–Kier alpha value is -2.40. The Balaban J connectivity index is 1.89. The van der Waals surface area contributed by atoms with Crippen LogP contribution in [0.4, 0.5) is 5.69 Å². The Morgan fingerprint density at radius 2 is 1.92 bits per heavy atom. The number of para-hydroxylation sites is 1. The van der Waals surface area contributed by atoms with E-state index >= 15 is 0 Å². The van der Waals surface area contributed by atoms with E-state index in [0.29, 0.717) is 16.5 Å². The number of rotatable bonds is 3. The van der Waals surface area contributed by atoms with Gasteiger partial charge in [0.2, 0.25) is 0 Å². The molecular weight excluding hydrogens is 320 g/mol. The molecule has 0 aliphatic rings. The van der Waals surface area contributed by atoms with Crippen LogP contribution in [0, 0.1) is 6.92 Å². The van der Waals surface area contributed by atoms with E-state index in [-0.39, 0.29) is 11.3 Å². The van der Waals surface area contributed by atoms with Crippen molar-refractivity contribution in [3.05, 3.63) is 58.8 Å². The Kier molecular flexibility index (Phi) is 4.28. The van der Waals surface area contributed by atoms with Crippen molar-refractivity contribution in [1.82, 2.24) is 4.98 Å². The Bertz CT molecular complexity index is 858. The third-order valence-electron chi connectivity index (χ3n) is 3.73. The van der Waals surface area contributed by atoms with Gasteiger partial charge in [-0.25, -0.2) is 4.98 Å². The van der Waals surface area contributed by atoms with Crippen LogP contribution in [-0.2, 0) is 5.41 Å². The Labute approximate surface area is 145 Å². The van der Waals surface area contributed by atoms with Crippen LogP contribution >= 0.6 is 11.3 Å². The van der Waals surface area contributed by atoms with Gasteiger partial charge in [0.1, 0.15) is 5.69 Å². The first-order valence-corrected chi connectivity index (χ1v) is 8.60. The zero-order valence-corrected chi connectivity index (χ0v) is 15.0. The van der Waals surface area contributed by atoms with Crippen molar-refractivity contribution in [2.75, 3.05) is 5.32 Å². The lowest BCUT2D eigenvalue weighted by molar-refractivity contribution is 0.102. The summed E-state index contributed by atoms with van der Waals surface area (Å²) < 4.78 is 5.37. The number of amides is 1. The van der Waals surface area contributed by atoms with Gasteiger partial charge < -0.3 is 9.73 Å². The molecule has 24 heavy (non-hydrogen) atoms. The first-order valence-electron chi connectivity index (χ1n) is 7.78. The van der Waals surface area contributed by atoms with Gasteiger partial charge >= 0.3 is 0 Å². The normalized spacial score (nSPS) is 11.5. The maximum absolute atomic E-state index is 12.7. The summed E-state index contributed by atoms with van der Waals surface area (Å²) in [5, 5.41) is 3.72. The summed E-state index contributed by atoms with van der Waals surface area (Å²) in [6, 6.07) is 11.5. The van der Waals surface area contributed by atoms with Gasteiger partial charge in [0.15, 0.2) is 10.8 Å². The van der Waals surface area contributed by atoms with Crippen LogP contribution in [-0.4, -0.2) is 10.9 Å². The molecule has 0 aliphatic carbocycles. The van der Waals surface area contributed by atoms with Crippen molar-refractivity contribution in [3.63, 3.8) is 0 Å². The zero-order valence-electron chi connectivity index (χ0n) is 14.2. The number of nitrogens with one attached hydrogen (secondary N) is 1. The summed E-state index contributed by atoms with van der Waals surface area (Å²) in [6.07, 6.45) is 1.60. The molecule has 0 atom stereocenters. The molecular formula is C19H20N2O2S. The smallest absolute Gasteiger partial charge is 0.275 e. The second kappa shape index (κ2) is 6.24. The number of aromatic nitrogens is 1. The minimum Gasteiger partial charge on any atom is -0.462 e. The number of anilines is 1. The number of hydrogen-bond donors (Lipinski definition) is 1. The number of carbonyl (C=O) groups is 1. The number of benzene rings is 1. The van der Waals surface area contributed by atoms with Crippen LogP contribution in [0.5, 0.6) is 0 Å². The lowest BCUT2D eigenvalue weighted by Gasteiger charge is -2.22. The summed E-state index contributed by atoms with van der Waals surface area (Å²) >= 11 is 1.46. The van der Waals surface area contributed by atoms with E-state index in [9.17, 15) is 4.79 Å². The molecule has 3 aromatic rings. The zero-order chi connectivity index (χ0) is 17.3. The Morgan fingerprint density at radius 3 is 2.58 bits per heavy atom. The van der Waals surface area contributed by atoms with Crippen molar-refractivity contribution in [2.24, 2.45) is 0 Å². The van der Waals surface area contributed by atoms with E-state index in [4.69, 9.17) is 4.42 Å². The molecule has 3 rings (SSSR count). The van der Waals surface area contributed by atoms with Gasteiger partial charge in [-0.05, 0) is 36.1 Å². The average Bonchev–Trinajstić information content (AvgIpc) is 3.15. The highest BCUT2D eigenvalue weighted by Gasteiger charge is 2.21. The molecule has 124 valence electrons. The fourth-order valence-corrected chi connectivity index (χ4v) is 3.42. The second-order valence-corrected chi connectivity index (χ2v) is 7.85. The van der Waals surface area contributed by atoms with Gasteiger partial charge in [-0.15, -0.1) is 11.3 Å². The number of furan rings is 1. The van der Waals surface area contributed by atoms with E-state index in [1.54, 1.807) is 6.26 Å².